The summed E-state index contributed by atoms with van der Waals surface area (Å²) in [6.07, 6.45) is 1.96. The van der Waals surface area contributed by atoms with Crippen LogP contribution in [0.25, 0.3) is 0 Å². The Labute approximate surface area is 165 Å². The van der Waals surface area contributed by atoms with E-state index in [-0.39, 0.29) is 6.03 Å². The van der Waals surface area contributed by atoms with Crippen molar-refractivity contribution in [2.75, 3.05) is 26.0 Å². The summed E-state index contributed by atoms with van der Waals surface area (Å²) in [4.78, 5) is 25.9. The van der Waals surface area contributed by atoms with Crippen LogP contribution in [0.1, 0.15) is 38.3 Å². The van der Waals surface area contributed by atoms with Crippen LogP contribution < -0.4 is 16.0 Å². The number of rotatable bonds is 6. The van der Waals surface area contributed by atoms with Gasteiger partial charge >= 0.3 is 12.0 Å². The zero-order valence-corrected chi connectivity index (χ0v) is 16.9. The van der Waals surface area contributed by atoms with E-state index in [9.17, 15) is 9.59 Å². The van der Waals surface area contributed by atoms with Crippen LogP contribution in [0, 0.1) is 0 Å². The van der Waals surface area contributed by atoms with Gasteiger partial charge < -0.3 is 25.6 Å². The number of ether oxygens (including phenoxy) is 1. The average molecular weight is 391 g/mol. The summed E-state index contributed by atoms with van der Waals surface area (Å²) < 4.78 is 4.95. The summed E-state index contributed by atoms with van der Waals surface area (Å²) in [5.41, 5.74) is 2.77. The number of urea groups is 1. The molecule has 146 valence electrons. The van der Waals surface area contributed by atoms with Crippen LogP contribution in [0.2, 0.25) is 0 Å². The third-order valence-corrected chi connectivity index (χ3v) is 4.87. The first kappa shape index (κ1) is 20.7. The zero-order valence-electron chi connectivity index (χ0n) is 16.1. The number of benzene rings is 1. The fourth-order valence-electron chi connectivity index (χ4n) is 2.77. The highest BCUT2D eigenvalue weighted by atomic mass is 32.1. The number of nitrogens with one attached hydrogen (secondary N) is 3. The molecule has 0 bridgehead atoms. The van der Waals surface area contributed by atoms with Crippen molar-refractivity contribution in [3.8, 4) is 0 Å². The Balaban J connectivity index is 2.18. The average Bonchev–Trinajstić information content (AvgIpc) is 2.66. The molecule has 1 aliphatic rings. The lowest BCUT2D eigenvalue weighted by Crippen LogP contribution is -2.46. The number of nitrogens with zero attached hydrogens (tertiary/aromatic N) is 1. The van der Waals surface area contributed by atoms with Crippen LogP contribution in [0.4, 0.5) is 10.5 Å². The molecule has 2 rings (SSSR count). The van der Waals surface area contributed by atoms with Gasteiger partial charge in [-0.3, -0.25) is 0 Å². The van der Waals surface area contributed by atoms with Crippen molar-refractivity contribution in [1.29, 1.82) is 0 Å². The molecule has 0 saturated heterocycles. The molecule has 2 amide bonds. The van der Waals surface area contributed by atoms with Crippen molar-refractivity contribution >= 4 is 35.0 Å². The Hall–Kier alpha value is -2.61. The van der Waals surface area contributed by atoms with Crippen molar-refractivity contribution in [2.24, 2.45) is 0 Å². The van der Waals surface area contributed by atoms with Crippen LogP contribution >= 0.6 is 12.2 Å². The molecule has 1 aromatic carbocycles. The Morgan fingerprint density at radius 3 is 2.56 bits per heavy atom. The third-order valence-electron chi connectivity index (χ3n) is 4.48. The summed E-state index contributed by atoms with van der Waals surface area (Å²) >= 11 is 5.35. The molecule has 0 saturated carbocycles. The van der Waals surface area contributed by atoms with E-state index in [1.807, 2.05) is 19.1 Å². The van der Waals surface area contributed by atoms with Gasteiger partial charge in [-0.15, -0.1) is 0 Å². The van der Waals surface area contributed by atoms with E-state index in [1.165, 1.54) is 7.11 Å². The van der Waals surface area contributed by atoms with Gasteiger partial charge in [0.2, 0.25) is 0 Å². The summed E-state index contributed by atoms with van der Waals surface area (Å²) in [6.45, 7) is 4.55. The van der Waals surface area contributed by atoms with Crippen LogP contribution in [0.15, 0.2) is 35.5 Å². The number of anilines is 1. The Morgan fingerprint density at radius 1 is 1.30 bits per heavy atom. The molecule has 27 heavy (non-hydrogen) atoms. The maximum Gasteiger partial charge on any atom is 0.337 e. The standard InChI is InChI=1S/C19H26N4O3S/c1-5-6-11-20-18(25)21-14-9-7-13(8-10-14)16-15(17(24)26-4)12(2)23(3)19(27)22-16/h7-10,16H,5-6,11H2,1-4H3,(H,22,27)(H2,20,21,25)/t16-/m0/s1. The first-order valence-electron chi connectivity index (χ1n) is 8.87. The van der Waals surface area contributed by atoms with Gasteiger partial charge in [0.1, 0.15) is 0 Å². The maximum absolute atomic E-state index is 12.3. The van der Waals surface area contributed by atoms with Gasteiger partial charge in [-0.25, -0.2) is 9.59 Å². The first-order chi connectivity index (χ1) is 12.9. The topological polar surface area (TPSA) is 82.7 Å². The first-order valence-corrected chi connectivity index (χ1v) is 9.28. The van der Waals surface area contributed by atoms with E-state index in [2.05, 4.69) is 22.9 Å². The lowest BCUT2D eigenvalue weighted by Gasteiger charge is -2.35. The molecule has 7 nitrogen and oxygen atoms in total. The minimum atomic E-state index is -0.409. The quantitative estimate of drug-likeness (QED) is 0.394. The van der Waals surface area contributed by atoms with Gasteiger partial charge in [0.05, 0.1) is 18.7 Å². The van der Waals surface area contributed by atoms with E-state index >= 15 is 0 Å². The molecule has 0 aliphatic carbocycles. The second kappa shape index (κ2) is 9.36. The molecule has 1 aliphatic heterocycles. The minimum Gasteiger partial charge on any atom is -0.466 e. The number of allylic oxidation sites excluding steroid dienone is 1. The Morgan fingerprint density at radius 2 is 1.96 bits per heavy atom. The molecular weight excluding hydrogens is 364 g/mol. The van der Waals surface area contributed by atoms with E-state index in [0.717, 1.165) is 24.1 Å². The van der Waals surface area contributed by atoms with Crippen LogP contribution in [-0.4, -0.2) is 42.7 Å². The van der Waals surface area contributed by atoms with Gasteiger partial charge in [0.15, 0.2) is 5.11 Å². The molecule has 1 heterocycles. The summed E-state index contributed by atoms with van der Waals surface area (Å²) in [6, 6.07) is 6.64. The van der Waals surface area contributed by atoms with Crippen molar-refractivity contribution in [2.45, 2.75) is 32.7 Å². The van der Waals surface area contributed by atoms with E-state index in [4.69, 9.17) is 17.0 Å². The molecule has 0 aromatic heterocycles. The number of methoxy groups -OCH3 is 1. The number of esters is 1. The van der Waals surface area contributed by atoms with Gasteiger partial charge in [-0.2, -0.15) is 0 Å². The Bertz CT molecular complexity index is 746. The molecule has 1 atom stereocenters. The molecule has 0 fully saturated rings. The predicted octanol–water partition coefficient (Wildman–Crippen LogP) is 2.92. The van der Waals surface area contributed by atoms with Gasteiger partial charge in [0, 0.05) is 25.0 Å². The fraction of sp³-hybridized carbons (Fsp3) is 0.421. The number of carbonyl (C=O) groups is 2. The van der Waals surface area contributed by atoms with E-state index < -0.39 is 12.0 Å². The van der Waals surface area contributed by atoms with Crippen LogP contribution in [-0.2, 0) is 9.53 Å². The number of hydrogen-bond donors (Lipinski definition) is 3. The summed E-state index contributed by atoms with van der Waals surface area (Å²) in [7, 11) is 3.16. The monoisotopic (exact) mass is 390 g/mol. The molecular formula is C19H26N4O3S. The zero-order chi connectivity index (χ0) is 20.0. The van der Waals surface area contributed by atoms with Crippen molar-refractivity contribution < 1.29 is 14.3 Å². The van der Waals surface area contributed by atoms with Crippen LogP contribution in [0.3, 0.4) is 0 Å². The largest absolute Gasteiger partial charge is 0.466 e. The number of unbranched alkanes of at least 4 members (excludes halogenated alkanes) is 1. The van der Waals surface area contributed by atoms with Gasteiger partial charge in [0.25, 0.3) is 0 Å². The third kappa shape index (κ3) is 4.97. The minimum absolute atomic E-state index is 0.235. The van der Waals surface area contributed by atoms with E-state index in [1.54, 1.807) is 24.1 Å². The molecule has 3 N–H and O–H groups in total. The highest BCUT2D eigenvalue weighted by Crippen LogP contribution is 2.31. The van der Waals surface area contributed by atoms with Gasteiger partial charge in [-0.1, -0.05) is 25.5 Å². The van der Waals surface area contributed by atoms with Crippen molar-refractivity contribution in [3.63, 3.8) is 0 Å². The lowest BCUT2D eigenvalue weighted by atomic mass is 9.95. The summed E-state index contributed by atoms with van der Waals surface area (Å²) in [5, 5.41) is 9.30. The SMILES string of the molecule is CCCCNC(=O)Nc1ccc([C@@H]2NC(=S)N(C)C(C)=C2C(=O)OC)cc1. The molecule has 0 radical (unpaired) electrons. The van der Waals surface area contributed by atoms with Crippen molar-refractivity contribution in [1.82, 2.24) is 15.5 Å². The molecule has 8 heteroatoms. The highest BCUT2D eigenvalue weighted by molar-refractivity contribution is 7.80. The molecule has 1 aromatic rings. The number of amides is 2. The van der Waals surface area contributed by atoms with Crippen LogP contribution in [0.5, 0.6) is 0 Å². The van der Waals surface area contributed by atoms with Crippen molar-refractivity contribution in [3.05, 3.63) is 41.1 Å². The second-order valence-electron chi connectivity index (χ2n) is 6.29. The fourth-order valence-corrected chi connectivity index (χ4v) is 3.03. The number of hydrogen-bond acceptors (Lipinski definition) is 4. The number of carbonyl (C=O) groups excluding carboxylic acids is 2. The smallest absolute Gasteiger partial charge is 0.337 e. The highest BCUT2D eigenvalue weighted by Gasteiger charge is 2.33. The lowest BCUT2D eigenvalue weighted by molar-refractivity contribution is -0.136. The van der Waals surface area contributed by atoms with E-state index in [0.29, 0.717) is 22.9 Å². The normalized spacial score (nSPS) is 16.7. The van der Waals surface area contributed by atoms with Gasteiger partial charge in [-0.05, 0) is 43.3 Å². The molecule has 0 unspecified atom stereocenters. The maximum atomic E-state index is 12.3. The Kier molecular flexibility index (Phi) is 7.18. The number of thiocarbonyl (C=S) groups is 1. The summed E-state index contributed by atoms with van der Waals surface area (Å²) in [5.74, 6) is -0.406. The molecule has 0 spiro atoms. The second-order valence-corrected chi connectivity index (χ2v) is 6.68. The predicted molar refractivity (Wildman–Crippen MR) is 109 cm³/mol.